The lowest BCUT2D eigenvalue weighted by atomic mass is 10.2. The van der Waals surface area contributed by atoms with Crippen LogP contribution in [0.4, 0.5) is 0 Å². The predicted octanol–water partition coefficient (Wildman–Crippen LogP) is 3.38. The largest absolute Gasteiger partial charge is 0.491 e. The van der Waals surface area contributed by atoms with Crippen molar-refractivity contribution in [3.05, 3.63) is 50.6 Å². The first-order chi connectivity index (χ1) is 9.66. The first kappa shape index (κ1) is 15.0. The zero-order valence-electron chi connectivity index (χ0n) is 10.6. The number of benzene rings is 1. The van der Waals surface area contributed by atoms with Crippen molar-refractivity contribution in [2.24, 2.45) is 0 Å². The predicted molar refractivity (Wildman–Crippen MR) is 82.6 cm³/mol. The molecule has 106 valence electrons. The van der Waals surface area contributed by atoms with Crippen molar-refractivity contribution < 1.29 is 14.6 Å². The van der Waals surface area contributed by atoms with Gasteiger partial charge in [-0.05, 0) is 40.2 Å². The smallest absolute Gasteiger partial charge is 0.339 e. The maximum atomic E-state index is 11.0. The van der Waals surface area contributed by atoms with Crippen molar-refractivity contribution in [3.8, 4) is 5.75 Å². The zero-order chi connectivity index (χ0) is 14.4. The second-order valence-electron chi connectivity index (χ2n) is 4.03. The van der Waals surface area contributed by atoms with Crippen molar-refractivity contribution in [3.63, 3.8) is 0 Å². The minimum absolute atomic E-state index is 0.190. The number of para-hydroxylation sites is 1. The van der Waals surface area contributed by atoms with Gasteiger partial charge in [-0.2, -0.15) is 0 Å². The van der Waals surface area contributed by atoms with Crippen LogP contribution in [0.15, 0.2) is 40.2 Å². The van der Waals surface area contributed by atoms with Gasteiger partial charge in [0.2, 0.25) is 0 Å². The average molecular weight is 356 g/mol. The maximum Gasteiger partial charge on any atom is 0.339 e. The van der Waals surface area contributed by atoms with E-state index >= 15 is 0 Å². The highest BCUT2D eigenvalue weighted by molar-refractivity contribution is 9.11. The number of aromatic carboxylic acids is 1. The van der Waals surface area contributed by atoms with Crippen LogP contribution < -0.4 is 10.1 Å². The average Bonchev–Trinajstić information content (AvgIpc) is 2.84. The Morgan fingerprint density at radius 2 is 2.10 bits per heavy atom. The molecule has 0 spiro atoms. The molecule has 20 heavy (non-hydrogen) atoms. The summed E-state index contributed by atoms with van der Waals surface area (Å²) in [7, 11) is 0. The molecule has 0 amide bonds. The fourth-order valence-corrected chi connectivity index (χ4v) is 3.11. The van der Waals surface area contributed by atoms with Crippen LogP contribution in [0.3, 0.4) is 0 Å². The number of thiophene rings is 1. The van der Waals surface area contributed by atoms with E-state index in [9.17, 15) is 4.79 Å². The van der Waals surface area contributed by atoms with E-state index < -0.39 is 5.97 Å². The van der Waals surface area contributed by atoms with Crippen LogP contribution in [-0.2, 0) is 6.54 Å². The third-order valence-corrected chi connectivity index (χ3v) is 4.21. The van der Waals surface area contributed by atoms with Gasteiger partial charge in [-0.1, -0.05) is 12.1 Å². The molecule has 2 aromatic rings. The van der Waals surface area contributed by atoms with E-state index in [1.807, 2.05) is 6.07 Å². The van der Waals surface area contributed by atoms with Crippen molar-refractivity contribution in [1.82, 2.24) is 5.32 Å². The first-order valence-corrected chi connectivity index (χ1v) is 7.68. The number of carboxylic acid groups (broad SMARTS) is 1. The summed E-state index contributed by atoms with van der Waals surface area (Å²) in [6.07, 6.45) is 0. The number of nitrogens with one attached hydrogen (secondary N) is 1. The van der Waals surface area contributed by atoms with Crippen LogP contribution >= 0.6 is 27.3 Å². The third-order valence-electron chi connectivity index (χ3n) is 2.58. The summed E-state index contributed by atoms with van der Waals surface area (Å²) in [4.78, 5) is 12.2. The van der Waals surface area contributed by atoms with Gasteiger partial charge >= 0.3 is 5.97 Å². The second kappa shape index (κ2) is 7.42. The molecular formula is C14H14BrNO3S. The van der Waals surface area contributed by atoms with Crippen molar-refractivity contribution in [2.75, 3.05) is 13.2 Å². The molecule has 0 saturated heterocycles. The Morgan fingerprint density at radius 1 is 1.30 bits per heavy atom. The SMILES string of the molecule is O=C(O)c1ccccc1OCCNCc1ccc(Br)s1. The number of halogens is 1. The second-order valence-corrected chi connectivity index (χ2v) is 6.58. The summed E-state index contributed by atoms with van der Waals surface area (Å²) in [6.45, 7) is 1.86. The van der Waals surface area contributed by atoms with Gasteiger partial charge in [0.15, 0.2) is 0 Å². The standard InChI is InChI=1S/C14H14BrNO3S/c15-13-6-5-10(20-13)9-16-7-8-19-12-4-2-1-3-11(12)14(17)18/h1-6,16H,7-9H2,(H,17,18). The molecule has 1 heterocycles. The van der Waals surface area contributed by atoms with Gasteiger partial charge in [0.1, 0.15) is 17.9 Å². The van der Waals surface area contributed by atoms with Gasteiger partial charge < -0.3 is 15.2 Å². The summed E-state index contributed by atoms with van der Waals surface area (Å²) in [5.74, 6) is -0.572. The van der Waals surface area contributed by atoms with Crippen LogP contribution in [0, 0.1) is 0 Å². The van der Waals surface area contributed by atoms with Gasteiger partial charge in [-0.15, -0.1) is 11.3 Å². The van der Waals surface area contributed by atoms with Crippen LogP contribution in [0.5, 0.6) is 5.75 Å². The molecule has 0 aliphatic rings. The molecular weight excluding hydrogens is 342 g/mol. The maximum absolute atomic E-state index is 11.0. The molecule has 6 heteroatoms. The Kier molecular flexibility index (Phi) is 5.58. The highest BCUT2D eigenvalue weighted by Gasteiger charge is 2.09. The minimum atomic E-state index is -0.975. The van der Waals surface area contributed by atoms with Crippen molar-refractivity contribution in [2.45, 2.75) is 6.54 Å². The van der Waals surface area contributed by atoms with Gasteiger partial charge in [-0.25, -0.2) is 4.79 Å². The summed E-state index contributed by atoms with van der Waals surface area (Å²) < 4.78 is 6.60. The van der Waals surface area contributed by atoms with E-state index in [-0.39, 0.29) is 5.56 Å². The zero-order valence-corrected chi connectivity index (χ0v) is 13.0. The highest BCUT2D eigenvalue weighted by atomic mass is 79.9. The monoisotopic (exact) mass is 355 g/mol. The molecule has 0 saturated carbocycles. The summed E-state index contributed by atoms with van der Waals surface area (Å²) in [5, 5.41) is 12.3. The van der Waals surface area contributed by atoms with Gasteiger partial charge in [0.05, 0.1) is 3.79 Å². The Morgan fingerprint density at radius 3 is 2.80 bits per heavy atom. The summed E-state index contributed by atoms with van der Waals surface area (Å²) in [5.41, 5.74) is 0.190. The molecule has 0 aliphatic heterocycles. The Hall–Kier alpha value is -1.37. The molecule has 1 aromatic carbocycles. The molecule has 0 unspecified atom stereocenters. The highest BCUT2D eigenvalue weighted by Crippen LogP contribution is 2.21. The number of carbonyl (C=O) groups is 1. The molecule has 4 nitrogen and oxygen atoms in total. The van der Waals surface area contributed by atoms with Crippen LogP contribution in [0.2, 0.25) is 0 Å². The number of rotatable bonds is 7. The van der Waals surface area contributed by atoms with E-state index in [0.717, 1.165) is 10.3 Å². The Balaban J connectivity index is 1.75. The first-order valence-electron chi connectivity index (χ1n) is 6.07. The van der Waals surface area contributed by atoms with E-state index in [2.05, 4.69) is 27.3 Å². The van der Waals surface area contributed by atoms with Crippen LogP contribution in [0.25, 0.3) is 0 Å². The molecule has 0 radical (unpaired) electrons. The Bertz CT molecular complexity index is 585. The normalized spacial score (nSPS) is 10.4. The number of ether oxygens (including phenoxy) is 1. The molecule has 1 aromatic heterocycles. The molecule has 2 N–H and O–H groups in total. The molecule has 2 rings (SSSR count). The number of hydrogen-bond acceptors (Lipinski definition) is 4. The van der Waals surface area contributed by atoms with Gasteiger partial charge in [-0.3, -0.25) is 0 Å². The van der Waals surface area contributed by atoms with Crippen molar-refractivity contribution >= 4 is 33.2 Å². The summed E-state index contributed by atoms with van der Waals surface area (Å²) in [6, 6.07) is 10.7. The van der Waals surface area contributed by atoms with E-state index in [1.54, 1.807) is 29.5 Å². The quantitative estimate of drug-likeness (QED) is 0.747. The fourth-order valence-electron chi connectivity index (χ4n) is 1.66. The molecule has 0 fully saturated rings. The number of carboxylic acids is 1. The lowest BCUT2D eigenvalue weighted by Gasteiger charge is -2.09. The number of hydrogen-bond donors (Lipinski definition) is 2. The van der Waals surface area contributed by atoms with E-state index in [1.165, 1.54) is 10.9 Å². The Labute approximate surface area is 129 Å². The van der Waals surface area contributed by atoms with E-state index in [0.29, 0.717) is 18.9 Å². The van der Waals surface area contributed by atoms with Gasteiger partial charge in [0.25, 0.3) is 0 Å². The van der Waals surface area contributed by atoms with Crippen LogP contribution in [0.1, 0.15) is 15.2 Å². The van der Waals surface area contributed by atoms with E-state index in [4.69, 9.17) is 9.84 Å². The van der Waals surface area contributed by atoms with Crippen LogP contribution in [-0.4, -0.2) is 24.2 Å². The fraction of sp³-hybridized carbons (Fsp3) is 0.214. The summed E-state index contributed by atoms with van der Waals surface area (Å²) >= 11 is 5.10. The lowest BCUT2D eigenvalue weighted by molar-refractivity contribution is 0.0692. The minimum Gasteiger partial charge on any atom is -0.491 e. The third kappa shape index (κ3) is 4.33. The van der Waals surface area contributed by atoms with Gasteiger partial charge in [0, 0.05) is 18.0 Å². The lowest BCUT2D eigenvalue weighted by Crippen LogP contribution is -2.20. The molecule has 0 atom stereocenters. The molecule has 0 bridgehead atoms. The topological polar surface area (TPSA) is 58.6 Å². The molecule has 0 aliphatic carbocycles. The van der Waals surface area contributed by atoms with Crippen molar-refractivity contribution in [1.29, 1.82) is 0 Å².